The van der Waals surface area contributed by atoms with Gasteiger partial charge in [-0.05, 0) is 26.2 Å². The first-order valence-corrected chi connectivity index (χ1v) is 6.81. The van der Waals surface area contributed by atoms with Crippen molar-refractivity contribution in [3.63, 3.8) is 0 Å². The van der Waals surface area contributed by atoms with Gasteiger partial charge in [-0.25, -0.2) is 4.79 Å². The highest BCUT2D eigenvalue weighted by molar-refractivity contribution is 5.78. The molecule has 1 rings (SSSR count). The Hall–Kier alpha value is -1.26. The number of rotatable bonds is 5. The Morgan fingerprint density at radius 3 is 2.22 bits per heavy atom. The molecule has 0 spiro atoms. The Balaban J connectivity index is 2.68. The zero-order valence-corrected chi connectivity index (χ0v) is 11.6. The lowest BCUT2D eigenvalue weighted by Gasteiger charge is -2.30. The average molecular weight is 256 g/mol. The molecule has 5 heteroatoms. The summed E-state index contributed by atoms with van der Waals surface area (Å²) in [4.78, 5) is 27.0. The number of likely N-dealkylation sites (tertiary alicyclic amines) is 1. The Morgan fingerprint density at radius 1 is 1.28 bits per heavy atom. The van der Waals surface area contributed by atoms with Crippen LogP contribution in [0.3, 0.4) is 0 Å². The normalized spacial score (nSPS) is 23.2. The molecular formula is C13H24N2O3. The lowest BCUT2D eigenvalue weighted by molar-refractivity contribution is -0.142. The summed E-state index contributed by atoms with van der Waals surface area (Å²) in [5.74, 6) is -1.21. The number of hydrogen-bond donors (Lipinski definition) is 1. The SMILES string of the molecule is CCCN(CCC)C(=O)N1CCC(C(=O)O)C1C. The number of carbonyl (C=O) groups is 2. The van der Waals surface area contributed by atoms with Crippen molar-refractivity contribution in [2.75, 3.05) is 19.6 Å². The summed E-state index contributed by atoms with van der Waals surface area (Å²) in [5.41, 5.74) is 0. The molecule has 0 aromatic rings. The van der Waals surface area contributed by atoms with Crippen LogP contribution < -0.4 is 0 Å². The van der Waals surface area contributed by atoms with E-state index in [2.05, 4.69) is 0 Å². The summed E-state index contributed by atoms with van der Waals surface area (Å²) in [5, 5.41) is 9.08. The van der Waals surface area contributed by atoms with Crippen molar-refractivity contribution >= 4 is 12.0 Å². The van der Waals surface area contributed by atoms with Gasteiger partial charge in [0.2, 0.25) is 0 Å². The number of carbonyl (C=O) groups excluding carboxylic acids is 1. The van der Waals surface area contributed by atoms with Crippen LogP contribution in [0.25, 0.3) is 0 Å². The number of aliphatic carboxylic acids is 1. The van der Waals surface area contributed by atoms with Crippen LogP contribution in [-0.2, 0) is 4.79 Å². The Bertz CT molecular complexity index is 301. The standard InChI is InChI=1S/C13H24N2O3/c1-4-7-14(8-5-2)13(18)15-9-6-11(10(15)3)12(16)17/h10-11H,4-9H2,1-3H3,(H,16,17). The van der Waals surface area contributed by atoms with Crippen LogP contribution in [0.5, 0.6) is 0 Å². The maximum Gasteiger partial charge on any atom is 0.320 e. The van der Waals surface area contributed by atoms with Gasteiger partial charge in [0, 0.05) is 25.7 Å². The van der Waals surface area contributed by atoms with Crippen molar-refractivity contribution in [1.29, 1.82) is 0 Å². The highest BCUT2D eigenvalue weighted by atomic mass is 16.4. The molecule has 1 N–H and O–H groups in total. The van der Waals surface area contributed by atoms with Crippen LogP contribution in [0.2, 0.25) is 0 Å². The Labute approximate surface area is 109 Å². The van der Waals surface area contributed by atoms with Gasteiger partial charge in [0.1, 0.15) is 0 Å². The predicted octanol–water partition coefficient (Wildman–Crippen LogP) is 2.02. The van der Waals surface area contributed by atoms with E-state index in [0.29, 0.717) is 13.0 Å². The van der Waals surface area contributed by atoms with Gasteiger partial charge in [0.15, 0.2) is 0 Å². The maximum atomic E-state index is 12.4. The monoisotopic (exact) mass is 256 g/mol. The molecule has 5 nitrogen and oxygen atoms in total. The molecule has 0 aliphatic carbocycles. The molecule has 18 heavy (non-hydrogen) atoms. The number of nitrogens with zero attached hydrogens (tertiary/aromatic N) is 2. The van der Waals surface area contributed by atoms with E-state index in [1.165, 1.54) is 0 Å². The van der Waals surface area contributed by atoms with Gasteiger partial charge in [-0.2, -0.15) is 0 Å². The lowest BCUT2D eigenvalue weighted by atomic mass is 10.0. The van der Waals surface area contributed by atoms with E-state index in [4.69, 9.17) is 5.11 Å². The lowest BCUT2D eigenvalue weighted by Crippen LogP contribution is -2.46. The van der Waals surface area contributed by atoms with Gasteiger partial charge in [0.05, 0.1) is 5.92 Å². The van der Waals surface area contributed by atoms with Crippen molar-refractivity contribution in [1.82, 2.24) is 9.80 Å². The van der Waals surface area contributed by atoms with Gasteiger partial charge in [-0.1, -0.05) is 13.8 Å². The molecule has 2 atom stereocenters. The van der Waals surface area contributed by atoms with Gasteiger partial charge in [-0.15, -0.1) is 0 Å². The van der Waals surface area contributed by atoms with Gasteiger partial charge in [0.25, 0.3) is 0 Å². The fourth-order valence-electron chi connectivity index (χ4n) is 2.56. The van der Waals surface area contributed by atoms with E-state index in [-0.39, 0.29) is 12.1 Å². The second-order valence-electron chi connectivity index (χ2n) is 4.94. The second-order valence-corrected chi connectivity index (χ2v) is 4.94. The molecule has 0 bridgehead atoms. The maximum absolute atomic E-state index is 12.4. The zero-order chi connectivity index (χ0) is 13.7. The van der Waals surface area contributed by atoms with Crippen LogP contribution in [0.1, 0.15) is 40.0 Å². The third kappa shape index (κ3) is 3.15. The molecule has 2 amide bonds. The minimum Gasteiger partial charge on any atom is -0.481 e. The van der Waals surface area contributed by atoms with Crippen molar-refractivity contribution in [2.45, 2.75) is 46.1 Å². The third-order valence-corrected chi connectivity index (χ3v) is 3.58. The molecule has 1 fully saturated rings. The molecule has 0 saturated carbocycles. The summed E-state index contributed by atoms with van der Waals surface area (Å²) in [6.07, 6.45) is 2.42. The van der Waals surface area contributed by atoms with E-state index in [9.17, 15) is 9.59 Å². The number of urea groups is 1. The van der Waals surface area contributed by atoms with Crippen LogP contribution in [0, 0.1) is 5.92 Å². The highest BCUT2D eigenvalue weighted by Gasteiger charge is 2.39. The smallest absolute Gasteiger partial charge is 0.320 e. The fourth-order valence-corrected chi connectivity index (χ4v) is 2.56. The van der Waals surface area contributed by atoms with Crippen LogP contribution in [0.4, 0.5) is 4.79 Å². The summed E-state index contributed by atoms with van der Waals surface area (Å²) in [7, 11) is 0. The zero-order valence-electron chi connectivity index (χ0n) is 11.6. The second kappa shape index (κ2) is 6.61. The number of amides is 2. The van der Waals surface area contributed by atoms with E-state index in [1.807, 2.05) is 25.7 Å². The molecule has 104 valence electrons. The van der Waals surface area contributed by atoms with Gasteiger partial charge in [-0.3, -0.25) is 4.79 Å². The average Bonchev–Trinajstić information content (AvgIpc) is 2.70. The molecular weight excluding hydrogens is 232 g/mol. The van der Waals surface area contributed by atoms with Crippen LogP contribution >= 0.6 is 0 Å². The van der Waals surface area contributed by atoms with Crippen molar-refractivity contribution in [2.24, 2.45) is 5.92 Å². The third-order valence-electron chi connectivity index (χ3n) is 3.58. The van der Waals surface area contributed by atoms with Crippen LogP contribution in [0.15, 0.2) is 0 Å². The molecule has 1 heterocycles. The fraction of sp³-hybridized carbons (Fsp3) is 0.846. The van der Waals surface area contributed by atoms with Crippen molar-refractivity contribution < 1.29 is 14.7 Å². The Morgan fingerprint density at radius 2 is 1.83 bits per heavy atom. The summed E-state index contributed by atoms with van der Waals surface area (Å²) in [6.45, 7) is 7.97. The Kier molecular flexibility index (Phi) is 5.44. The summed E-state index contributed by atoms with van der Waals surface area (Å²) < 4.78 is 0. The highest BCUT2D eigenvalue weighted by Crippen LogP contribution is 2.25. The van der Waals surface area contributed by atoms with E-state index in [1.54, 1.807) is 4.90 Å². The number of carboxylic acids is 1. The quantitative estimate of drug-likeness (QED) is 0.818. The summed E-state index contributed by atoms with van der Waals surface area (Å²) in [6, 6.07) is -0.207. The molecule has 0 aromatic heterocycles. The number of hydrogen-bond acceptors (Lipinski definition) is 2. The minimum atomic E-state index is -0.796. The van der Waals surface area contributed by atoms with E-state index in [0.717, 1.165) is 25.9 Å². The molecule has 0 radical (unpaired) electrons. The predicted molar refractivity (Wildman–Crippen MR) is 69.5 cm³/mol. The first-order valence-electron chi connectivity index (χ1n) is 6.81. The first kappa shape index (κ1) is 14.8. The van der Waals surface area contributed by atoms with Crippen molar-refractivity contribution in [3.05, 3.63) is 0 Å². The van der Waals surface area contributed by atoms with Gasteiger partial charge >= 0.3 is 12.0 Å². The van der Waals surface area contributed by atoms with Crippen molar-refractivity contribution in [3.8, 4) is 0 Å². The minimum absolute atomic E-state index is 0.00468. The van der Waals surface area contributed by atoms with E-state index >= 15 is 0 Å². The van der Waals surface area contributed by atoms with Gasteiger partial charge < -0.3 is 14.9 Å². The topological polar surface area (TPSA) is 60.9 Å². The molecule has 1 saturated heterocycles. The molecule has 2 unspecified atom stereocenters. The van der Waals surface area contributed by atoms with E-state index < -0.39 is 11.9 Å². The summed E-state index contributed by atoms with van der Waals surface area (Å²) >= 11 is 0. The molecule has 1 aliphatic heterocycles. The number of carboxylic acid groups (broad SMARTS) is 1. The first-order chi connectivity index (χ1) is 8.52. The van der Waals surface area contributed by atoms with Crippen LogP contribution in [-0.4, -0.2) is 52.6 Å². The molecule has 1 aliphatic rings. The molecule has 0 aromatic carbocycles. The largest absolute Gasteiger partial charge is 0.481 e.